The van der Waals surface area contributed by atoms with Gasteiger partial charge in [-0.05, 0) is 17.7 Å². The molecule has 0 radical (unpaired) electrons. The second-order valence-electron chi connectivity index (χ2n) is 2.77. The first-order valence-corrected chi connectivity index (χ1v) is 4.20. The van der Waals surface area contributed by atoms with Crippen molar-refractivity contribution in [1.29, 1.82) is 5.26 Å². The average Bonchev–Trinajstić information content (AvgIpc) is 2.21. The van der Waals surface area contributed by atoms with Crippen molar-refractivity contribution in [2.24, 2.45) is 0 Å². The second-order valence-corrected chi connectivity index (χ2v) is 2.77. The summed E-state index contributed by atoms with van der Waals surface area (Å²) in [7, 11) is 0. The lowest BCUT2D eigenvalue weighted by Crippen LogP contribution is -1.89. The molecule has 0 aliphatic rings. The van der Waals surface area contributed by atoms with Crippen molar-refractivity contribution in [3.63, 3.8) is 0 Å². The SMILES string of the molecule is N#CCC=Cc1ccc(F)c(CO)c1. The van der Waals surface area contributed by atoms with E-state index in [1.54, 1.807) is 24.3 Å². The first-order valence-electron chi connectivity index (χ1n) is 4.20. The summed E-state index contributed by atoms with van der Waals surface area (Å²) in [5, 5.41) is 17.1. The molecular weight excluding hydrogens is 181 g/mol. The van der Waals surface area contributed by atoms with E-state index in [4.69, 9.17) is 10.4 Å². The highest BCUT2D eigenvalue weighted by Gasteiger charge is 1.99. The van der Waals surface area contributed by atoms with Crippen LogP contribution in [-0.4, -0.2) is 5.11 Å². The van der Waals surface area contributed by atoms with Crippen molar-refractivity contribution in [2.75, 3.05) is 0 Å². The van der Waals surface area contributed by atoms with E-state index in [2.05, 4.69) is 0 Å². The van der Waals surface area contributed by atoms with Gasteiger partial charge in [-0.3, -0.25) is 0 Å². The molecule has 0 saturated heterocycles. The molecule has 0 unspecified atom stereocenters. The maximum absolute atomic E-state index is 12.9. The molecule has 1 rings (SSSR count). The van der Waals surface area contributed by atoms with Crippen LogP contribution in [0.25, 0.3) is 6.08 Å². The fourth-order valence-electron chi connectivity index (χ4n) is 1.07. The Balaban J connectivity index is 2.85. The molecule has 0 aromatic heterocycles. The summed E-state index contributed by atoms with van der Waals surface area (Å²) in [4.78, 5) is 0. The number of nitrogens with zero attached hydrogens (tertiary/aromatic N) is 1. The quantitative estimate of drug-likeness (QED) is 0.796. The van der Waals surface area contributed by atoms with E-state index < -0.39 is 5.82 Å². The molecule has 1 aromatic carbocycles. The van der Waals surface area contributed by atoms with Gasteiger partial charge in [-0.2, -0.15) is 5.26 Å². The Hall–Kier alpha value is -1.66. The molecule has 1 aromatic rings. The Morgan fingerprint density at radius 2 is 2.29 bits per heavy atom. The van der Waals surface area contributed by atoms with Crippen LogP contribution >= 0.6 is 0 Å². The van der Waals surface area contributed by atoms with Crippen LogP contribution in [0, 0.1) is 17.1 Å². The largest absolute Gasteiger partial charge is 0.392 e. The number of rotatable bonds is 3. The summed E-state index contributed by atoms with van der Waals surface area (Å²) in [6, 6.07) is 6.43. The van der Waals surface area contributed by atoms with Crippen molar-refractivity contribution in [3.05, 3.63) is 41.2 Å². The monoisotopic (exact) mass is 191 g/mol. The third-order valence-corrected chi connectivity index (χ3v) is 1.76. The highest BCUT2D eigenvalue weighted by Crippen LogP contribution is 2.11. The summed E-state index contributed by atoms with van der Waals surface area (Å²) in [5.41, 5.74) is 1.05. The highest BCUT2D eigenvalue weighted by atomic mass is 19.1. The lowest BCUT2D eigenvalue weighted by molar-refractivity contribution is 0.275. The zero-order valence-corrected chi connectivity index (χ0v) is 7.57. The van der Waals surface area contributed by atoms with Crippen molar-refractivity contribution in [2.45, 2.75) is 13.0 Å². The van der Waals surface area contributed by atoms with E-state index in [1.807, 2.05) is 6.07 Å². The van der Waals surface area contributed by atoms with Gasteiger partial charge >= 0.3 is 0 Å². The van der Waals surface area contributed by atoms with Crippen molar-refractivity contribution in [3.8, 4) is 6.07 Å². The summed E-state index contributed by atoms with van der Waals surface area (Å²) in [6.45, 7) is -0.314. The van der Waals surface area contributed by atoms with Gasteiger partial charge < -0.3 is 5.11 Å². The molecule has 3 heteroatoms. The number of hydrogen-bond donors (Lipinski definition) is 1. The van der Waals surface area contributed by atoms with Gasteiger partial charge in [-0.25, -0.2) is 4.39 Å². The van der Waals surface area contributed by atoms with Crippen molar-refractivity contribution in [1.82, 2.24) is 0 Å². The molecule has 0 saturated carbocycles. The van der Waals surface area contributed by atoms with Gasteiger partial charge in [0.1, 0.15) is 5.82 Å². The molecule has 0 spiro atoms. The number of hydrogen-bond acceptors (Lipinski definition) is 2. The van der Waals surface area contributed by atoms with Gasteiger partial charge in [0.05, 0.1) is 19.1 Å². The third-order valence-electron chi connectivity index (χ3n) is 1.76. The number of halogens is 1. The van der Waals surface area contributed by atoms with Crippen LogP contribution in [0.3, 0.4) is 0 Å². The van der Waals surface area contributed by atoms with Gasteiger partial charge in [0, 0.05) is 5.56 Å². The number of aliphatic hydroxyl groups is 1. The van der Waals surface area contributed by atoms with Crippen LogP contribution in [0.5, 0.6) is 0 Å². The number of nitriles is 1. The molecular formula is C11H10FNO. The van der Waals surface area contributed by atoms with Gasteiger partial charge in [0.2, 0.25) is 0 Å². The number of allylic oxidation sites excluding steroid dienone is 1. The smallest absolute Gasteiger partial charge is 0.128 e. The van der Waals surface area contributed by atoms with Crippen LogP contribution in [0.1, 0.15) is 17.5 Å². The number of aliphatic hydroxyl groups excluding tert-OH is 1. The standard InChI is InChI=1S/C11H10FNO/c12-11-5-4-9(3-1-2-6-13)7-10(11)8-14/h1,3-5,7,14H,2,8H2. The summed E-state index contributed by atoms with van der Waals surface area (Å²) in [5.74, 6) is -0.412. The van der Waals surface area contributed by atoms with Gasteiger partial charge in [-0.15, -0.1) is 0 Å². The predicted octanol–water partition coefficient (Wildman–Crippen LogP) is 2.24. The van der Waals surface area contributed by atoms with Crippen LogP contribution in [0.15, 0.2) is 24.3 Å². The summed E-state index contributed by atoms with van der Waals surface area (Å²) in [6.07, 6.45) is 3.74. The van der Waals surface area contributed by atoms with Crippen LogP contribution in [0.4, 0.5) is 4.39 Å². The minimum atomic E-state index is -0.412. The zero-order valence-electron chi connectivity index (χ0n) is 7.57. The highest BCUT2D eigenvalue weighted by molar-refractivity contribution is 5.50. The Kier molecular flexibility index (Phi) is 3.84. The minimum Gasteiger partial charge on any atom is -0.392 e. The molecule has 14 heavy (non-hydrogen) atoms. The van der Waals surface area contributed by atoms with Crippen molar-refractivity contribution >= 4 is 6.08 Å². The fraction of sp³-hybridized carbons (Fsp3) is 0.182. The fourth-order valence-corrected chi connectivity index (χ4v) is 1.07. The van der Waals surface area contributed by atoms with Gasteiger partial charge in [0.15, 0.2) is 0 Å². The van der Waals surface area contributed by atoms with Crippen LogP contribution in [0.2, 0.25) is 0 Å². The predicted molar refractivity (Wildman–Crippen MR) is 51.6 cm³/mol. The first-order chi connectivity index (χ1) is 6.77. The molecule has 72 valence electrons. The molecule has 0 fully saturated rings. The second kappa shape index (κ2) is 5.15. The van der Waals surface area contributed by atoms with Crippen LogP contribution in [-0.2, 0) is 6.61 Å². The van der Waals surface area contributed by atoms with Crippen molar-refractivity contribution < 1.29 is 9.50 Å². The van der Waals surface area contributed by atoms with E-state index in [0.717, 1.165) is 5.56 Å². The Labute approximate surface area is 81.9 Å². The molecule has 0 aliphatic carbocycles. The average molecular weight is 191 g/mol. The maximum Gasteiger partial charge on any atom is 0.128 e. The van der Waals surface area contributed by atoms with E-state index in [1.165, 1.54) is 6.07 Å². The third kappa shape index (κ3) is 2.68. The van der Waals surface area contributed by atoms with Gasteiger partial charge in [-0.1, -0.05) is 18.2 Å². The molecule has 0 atom stereocenters. The Bertz CT molecular complexity index is 379. The molecule has 2 nitrogen and oxygen atoms in total. The van der Waals surface area contributed by atoms with E-state index in [9.17, 15) is 4.39 Å². The Morgan fingerprint density at radius 3 is 2.93 bits per heavy atom. The van der Waals surface area contributed by atoms with E-state index in [-0.39, 0.29) is 12.2 Å². The van der Waals surface area contributed by atoms with E-state index >= 15 is 0 Å². The topological polar surface area (TPSA) is 44.0 Å². The summed E-state index contributed by atoms with van der Waals surface area (Å²) < 4.78 is 12.9. The molecule has 1 N–H and O–H groups in total. The zero-order chi connectivity index (χ0) is 10.4. The lowest BCUT2D eigenvalue weighted by atomic mass is 10.1. The normalized spacial score (nSPS) is 10.4. The number of benzene rings is 1. The van der Waals surface area contributed by atoms with Gasteiger partial charge in [0.25, 0.3) is 0 Å². The summed E-state index contributed by atoms with van der Waals surface area (Å²) >= 11 is 0. The lowest BCUT2D eigenvalue weighted by Gasteiger charge is -1.99. The Morgan fingerprint density at radius 1 is 1.50 bits per heavy atom. The maximum atomic E-state index is 12.9. The molecule has 0 amide bonds. The minimum absolute atomic E-state index is 0.268. The van der Waals surface area contributed by atoms with Crippen LogP contribution < -0.4 is 0 Å². The molecule has 0 bridgehead atoms. The first kappa shape index (κ1) is 10.4. The van der Waals surface area contributed by atoms with E-state index in [0.29, 0.717) is 6.42 Å². The molecule has 0 aliphatic heterocycles. The molecule has 0 heterocycles.